The van der Waals surface area contributed by atoms with E-state index in [1.165, 1.54) is 11.8 Å². The molecule has 0 saturated heterocycles. The van der Waals surface area contributed by atoms with E-state index in [1.807, 2.05) is 50.2 Å². The Hall–Kier alpha value is -3.12. The van der Waals surface area contributed by atoms with Crippen molar-refractivity contribution in [3.05, 3.63) is 84.2 Å². The van der Waals surface area contributed by atoms with Crippen LogP contribution in [0, 0.1) is 6.92 Å². The number of carbonyl (C=O) groups excluding carboxylic acids is 2. The largest absolute Gasteiger partial charge is 0.325 e. The highest BCUT2D eigenvalue weighted by molar-refractivity contribution is 8.00. The van der Waals surface area contributed by atoms with Crippen LogP contribution >= 0.6 is 11.8 Å². The Bertz CT molecular complexity index is 959. The maximum atomic E-state index is 12.4. The van der Waals surface area contributed by atoms with Gasteiger partial charge in [-0.15, -0.1) is 11.8 Å². The number of hydrogen-bond donors (Lipinski definition) is 2. The molecule has 2 aromatic carbocycles. The number of anilines is 2. The minimum atomic E-state index is -0.295. The fraction of sp³-hybridized carbons (Fsp3) is 0.136. The van der Waals surface area contributed by atoms with E-state index in [0.29, 0.717) is 16.9 Å². The minimum Gasteiger partial charge on any atom is -0.325 e. The molecule has 1 heterocycles. The van der Waals surface area contributed by atoms with Crippen molar-refractivity contribution in [1.82, 2.24) is 4.98 Å². The number of thioether (sulfide) groups is 1. The monoisotopic (exact) mass is 391 g/mol. The highest BCUT2D eigenvalue weighted by Crippen LogP contribution is 2.26. The molecule has 142 valence electrons. The first kappa shape index (κ1) is 19.6. The van der Waals surface area contributed by atoms with E-state index in [1.54, 1.807) is 36.7 Å². The Morgan fingerprint density at radius 2 is 1.64 bits per heavy atom. The average molecular weight is 391 g/mol. The Morgan fingerprint density at radius 1 is 0.929 bits per heavy atom. The van der Waals surface area contributed by atoms with Crippen molar-refractivity contribution in [2.45, 2.75) is 24.0 Å². The van der Waals surface area contributed by atoms with Crippen LogP contribution in [0.15, 0.2) is 78.0 Å². The third kappa shape index (κ3) is 5.44. The number of nitrogens with zero attached hydrogens (tertiary/aromatic N) is 1. The molecule has 0 aliphatic heterocycles. The molecule has 0 fully saturated rings. The molecular weight excluding hydrogens is 370 g/mol. The van der Waals surface area contributed by atoms with Gasteiger partial charge in [-0.1, -0.05) is 23.8 Å². The lowest BCUT2D eigenvalue weighted by atomic mass is 10.1. The van der Waals surface area contributed by atoms with Crippen LogP contribution in [0.4, 0.5) is 11.4 Å². The molecule has 0 aliphatic carbocycles. The second kappa shape index (κ2) is 9.19. The summed E-state index contributed by atoms with van der Waals surface area (Å²) in [6, 6.07) is 18.4. The molecule has 2 amide bonds. The van der Waals surface area contributed by atoms with Gasteiger partial charge in [-0.3, -0.25) is 14.6 Å². The van der Waals surface area contributed by atoms with Gasteiger partial charge in [0.25, 0.3) is 5.91 Å². The van der Waals surface area contributed by atoms with Crippen molar-refractivity contribution in [3.8, 4) is 0 Å². The summed E-state index contributed by atoms with van der Waals surface area (Å²) in [4.78, 5) is 29.6. The molecule has 1 aromatic heterocycles. The lowest BCUT2D eigenvalue weighted by molar-refractivity contribution is -0.115. The number of benzene rings is 2. The first-order valence-corrected chi connectivity index (χ1v) is 9.75. The number of carbonyl (C=O) groups is 2. The van der Waals surface area contributed by atoms with Gasteiger partial charge in [-0.25, -0.2) is 0 Å². The van der Waals surface area contributed by atoms with Crippen molar-refractivity contribution >= 4 is 35.0 Å². The minimum absolute atomic E-state index is 0.0923. The third-order valence-electron chi connectivity index (χ3n) is 4.04. The Kier molecular flexibility index (Phi) is 6.45. The van der Waals surface area contributed by atoms with Crippen LogP contribution in [-0.2, 0) is 4.79 Å². The second-order valence-corrected chi connectivity index (χ2v) is 7.75. The fourth-order valence-corrected chi connectivity index (χ4v) is 3.42. The Labute approximate surface area is 168 Å². The highest BCUT2D eigenvalue weighted by atomic mass is 32.2. The van der Waals surface area contributed by atoms with Gasteiger partial charge in [0.15, 0.2) is 0 Å². The summed E-state index contributed by atoms with van der Waals surface area (Å²) in [6.07, 6.45) is 3.27. The molecule has 3 aromatic rings. The summed E-state index contributed by atoms with van der Waals surface area (Å²) >= 11 is 1.43. The predicted octanol–water partition coefficient (Wildman–Crippen LogP) is 4.76. The van der Waals surface area contributed by atoms with Crippen molar-refractivity contribution in [1.29, 1.82) is 0 Å². The van der Waals surface area contributed by atoms with Gasteiger partial charge in [-0.05, 0) is 56.3 Å². The lowest BCUT2D eigenvalue weighted by Crippen LogP contribution is -2.22. The lowest BCUT2D eigenvalue weighted by Gasteiger charge is -2.13. The van der Waals surface area contributed by atoms with Gasteiger partial charge < -0.3 is 10.6 Å². The van der Waals surface area contributed by atoms with Crippen LogP contribution in [0.25, 0.3) is 0 Å². The second-order valence-electron chi connectivity index (χ2n) is 6.33. The molecule has 0 radical (unpaired) electrons. The van der Waals surface area contributed by atoms with Gasteiger partial charge in [-0.2, -0.15) is 0 Å². The van der Waals surface area contributed by atoms with Crippen LogP contribution in [-0.4, -0.2) is 22.0 Å². The third-order valence-corrected chi connectivity index (χ3v) is 5.13. The van der Waals surface area contributed by atoms with Crippen LogP contribution in [0.5, 0.6) is 0 Å². The first-order valence-electron chi connectivity index (χ1n) is 8.87. The SMILES string of the molecule is Cc1ccc(C(=O)Nc2cccc(SC(C)C(=O)Nc3ccncc3)c2)cc1. The van der Waals surface area contributed by atoms with Crippen LogP contribution in [0.3, 0.4) is 0 Å². The molecule has 0 bridgehead atoms. The van der Waals surface area contributed by atoms with Gasteiger partial charge in [0.05, 0.1) is 5.25 Å². The summed E-state index contributed by atoms with van der Waals surface area (Å²) in [5, 5.41) is 5.47. The van der Waals surface area contributed by atoms with Crippen molar-refractivity contribution in [3.63, 3.8) is 0 Å². The molecule has 3 rings (SSSR count). The van der Waals surface area contributed by atoms with E-state index in [4.69, 9.17) is 0 Å². The Balaban J connectivity index is 1.61. The normalized spacial score (nSPS) is 11.5. The summed E-state index contributed by atoms with van der Waals surface area (Å²) < 4.78 is 0. The number of aryl methyl sites for hydroxylation is 1. The smallest absolute Gasteiger partial charge is 0.255 e. The molecule has 1 unspecified atom stereocenters. The fourth-order valence-electron chi connectivity index (χ4n) is 2.49. The molecule has 2 N–H and O–H groups in total. The summed E-state index contributed by atoms with van der Waals surface area (Å²) in [5.41, 5.74) is 3.12. The first-order chi connectivity index (χ1) is 13.5. The van der Waals surface area contributed by atoms with Crippen molar-refractivity contribution in [2.75, 3.05) is 10.6 Å². The molecule has 28 heavy (non-hydrogen) atoms. The maximum Gasteiger partial charge on any atom is 0.255 e. The highest BCUT2D eigenvalue weighted by Gasteiger charge is 2.15. The average Bonchev–Trinajstić information content (AvgIpc) is 2.69. The number of nitrogens with one attached hydrogen (secondary N) is 2. The summed E-state index contributed by atoms with van der Waals surface area (Å²) in [5.74, 6) is -0.254. The number of amides is 2. The number of hydrogen-bond acceptors (Lipinski definition) is 4. The van der Waals surface area contributed by atoms with E-state index in [-0.39, 0.29) is 17.1 Å². The number of rotatable bonds is 6. The zero-order valence-corrected chi connectivity index (χ0v) is 16.5. The van der Waals surface area contributed by atoms with E-state index in [2.05, 4.69) is 15.6 Å². The standard InChI is InChI=1S/C22H21N3O2S/c1-15-6-8-17(9-7-15)22(27)25-19-4-3-5-20(14-19)28-16(2)21(26)24-18-10-12-23-13-11-18/h3-14,16H,1-2H3,(H,25,27)(H,23,24,26). The molecule has 6 heteroatoms. The molecule has 1 atom stereocenters. The van der Waals surface area contributed by atoms with Crippen LogP contribution in [0.2, 0.25) is 0 Å². The molecule has 0 saturated carbocycles. The van der Waals surface area contributed by atoms with E-state index < -0.39 is 0 Å². The zero-order chi connectivity index (χ0) is 19.9. The summed E-state index contributed by atoms with van der Waals surface area (Å²) in [6.45, 7) is 3.83. The molecular formula is C22H21N3O2S. The van der Waals surface area contributed by atoms with Gasteiger partial charge >= 0.3 is 0 Å². The van der Waals surface area contributed by atoms with Crippen molar-refractivity contribution in [2.24, 2.45) is 0 Å². The maximum absolute atomic E-state index is 12.4. The van der Waals surface area contributed by atoms with Gasteiger partial charge in [0.1, 0.15) is 0 Å². The van der Waals surface area contributed by atoms with Gasteiger partial charge in [0, 0.05) is 34.2 Å². The summed E-state index contributed by atoms with van der Waals surface area (Å²) in [7, 11) is 0. The molecule has 0 aliphatic rings. The molecule has 5 nitrogen and oxygen atoms in total. The van der Waals surface area contributed by atoms with E-state index in [0.717, 1.165) is 10.5 Å². The van der Waals surface area contributed by atoms with Crippen molar-refractivity contribution < 1.29 is 9.59 Å². The van der Waals surface area contributed by atoms with Crippen LogP contribution < -0.4 is 10.6 Å². The zero-order valence-electron chi connectivity index (χ0n) is 15.7. The predicted molar refractivity (Wildman–Crippen MR) is 114 cm³/mol. The topological polar surface area (TPSA) is 71.1 Å². The van der Waals surface area contributed by atoms with Crippen LogP contribution in [0.1, 0.15) is 22.8 Å². The quantitative estimate of drug-likeness (QED) is 0.594. The van der Waals surface area contributed by atoms with E-state index in [9.17, 15) is 9.59 Å². The van der Waals surface area contributed by atoms with E-state index >= 15 is 0 Å². The molecule has 0 spiro atoms. The van der Waals surface area contributed by atoms with Gasteiger partial charge in [0.2, 0.25) is 5.91 Å². The number of aromatic nitrogens is 1. The Morgan fingerprint density at radius 3 is 2.36 bits per heavy atom. The number of pyridine rings is 1.